The summed E-state index contributed by atoms with van der Waals surface area (Å²) in [5, 5.41) is 4.17. The molecule has 2 aliphatic rings. The van der Waals surface area contributed by atoms with Crippen LogP contribution in [0.15, 0.2) is 35.4 Å². The van der Waals surface area contributed by atoms with Crippen LogP contribution in [0.5, 0.6) is 5.75 Å². The van der Waals surface area contributed by atoms with Gasteiger partial charge in [-0.3, -0.25) is 4.68 Å². The van der Waals surface area contributed by atoms with Crippen LogP contribution in [-0.2, 0) is 29.5 Å². The van der Waals surface area contributed by atoms with Crippen molar-refractivity contribution in [1.82, 2.24) is 14.1 Å². The van der Waals surface area contributed by atoms with Crippen molar-refractivity contribution < 1.29 is 13.2 Å². The van der Waals surface area contributed by atoms with Crippen molar-refractivity contribution in [3.05, 3.63) is 41.7 Å². The molecular weight excluding hydrogens is 290 g/mol. The van der Waals surface area contributed by atoms with Crippen LogP contribution in [0.1, 0.15) is 11.3 Å². The van der Waals surface area contributed by atoms with Crippen LogP contribution in [-0.4, -0.2) is 35.7 Å². The Kier molecular flexibility index (Phi) is 2.80. The van der Waals surface area contributed by atoms with E-state index < -0.39 is 10.0 Å². The lowest BCUT2D eigenvalue weighted by Gasteiger charge is -2.27. The van der Waals surface area contributed by atoms with E-state index >= 15 is 0 Å². The topological polar surface area (TPSA) is 64.4 Å². The molecule has 0 atom stereocenters. The lowest BCUT2D eigenvalue weighted by atomic mass is 10.2. The van der Waals surface area contributed by atoms with Crippen molar-refractivity contribution >= 4 is 10.0 Å². The Balaban J connectivity index is 1.68. The van der Waals surface area contributed by atoms with Crippen LogP contribution < -0.4 is 4.74 Å². The smallest absolute Gasteiger partial charge is 0.243 e. The molecule has 0 aliphatic carbocycles. The first kappa shape index (κ1) is 12.8. The molecule has 0 unspecified atom stereocenters. The Labute approximate surface area is 123 Å². The maximum atomic E-state index is 12.8. The fourth-order valence-electron chi connectivity index (χ4n) is 2.84. The third-order valence-electron chi connectivity index (χ3n) is 4.00. The summed E-state index contributed by atoms with van der Waals surface area (Å²) in [4.78, 5) is 0.347. The summed E-state index contributed by atoms with van der Waals surface area (Å²) in [5.41, 5.74) is 1.90. The van der Waals surface area contributed by atoms with Gasteiger partial charge in [-0.2, -0.15) is 9.40 Å². The second-order valence-electron chi connectivity index (χ2n) is 5.25. The van der Waals surface area contributed by atoms with Crippen LogP contribution in [0.3, 0.4) is 0 Å². The molecule has 7 heteroatoms. The minimum absolute atomic E-state index is 0.347. The lowest BCUT2D eigenvalue weighted by Crippen LogP contribution is -2.38. The maximum absolute atomic E-state index is 12.8. The normalized spacial score (nSPS) is 18.1. The van der Waals surface area contributed by atoms with E-state index in [4.69, 9.17) is 4.74 Å². The molecule has 0 saturated carbocycles. The largest absolute Gasteiger partial charge is 0.493 e. The molecule has 110 valence electrons. The van der Waals surface area contributed by atoms with Crippen molar-refractivity contribution in [2.24, 2.45) is 0 Å². The first-order chi connectivity index (χ1) is 10.1. The van der Waals surface area contributed by atoms with Gasteiger partial charge >= 0.3 is 0 Å². The van der Waals surface area contributed by atoms with E-state index in [2.05, 4.69) is 5.10 Å². The molecule has 2 aromatic rings. The molecule has 2 aliphatic heterocycles. The molecule has 0 spiro atoms. The molecule has 0 amide bonds. The highest BCUT2D eigenvalue weighted by molar-refractivity contribution is 7.89. The summed E-state index contributed by atoms with van der Waals surface area (Å²) in [6.45, 7) is 2.04. The average Bonchev–Trinajstić information content (AvgIpc) is 3.14. The number of nitrogens with zero attached hydrogens (tertiary/aromatic N) is 3. The Bertz CT molecular complexity index is 798. The van der Waals surface area contributed by atoms with Crippen molar-refractivity contribution in [3.63, 3.8) is 0 Å². The lowest BCUT2D eigenvalue weighted by molar-refractivity contribution is 0.326. The van der Waals surface area contributed by atoms with E-state index in [9.17, 15) is 8.42 Å². The van der Waals surface area contributed by atoms with E-state index in [1.165, 1.54) is 4.31 Å². The van der Waals surface area contributed by atoms with Gasteiger partial charge in [0, 0.05) is 19.2 Å². The summed E-state index contributed by atoms with van der Waals surface area (Å²) in [6, 6.07) is 6.98. The van der Waals surface area contributed by atoms with E-state index in [1.807, 2.05) is 10.7 Å². The number of rotatable bonds is 2. The SMILES string of the molecule is O=S(=O)(c1ccc2c(c1)CCO2)N1CCn2nccc2C1. The van der Waals surface area contributed by atoms with E-state index in [0.29, 0.717) is 31.1 Å². The maximum Gasteiger partial charge on any atom is 0.243 e. The number of ether oxygens (including phenoxy) is 1. The Hall–Kier alpha value is -1.86. The van der Waals surface area contributed by atoms with Gasteiger partial charge in [0.2, 0.25) is 10.0 Å². The predicted octanol–water partition coefficient (Wildman–Crippen LogP) is 1.02. The van der Waals surface area contributed by atoms with Gasteiger partial charge in [0.25, 0.3) is 0 Å². The van der Waals surface area contributed by atoms with E-state index in [-0.39, 0.29) is 0 Å². The zero-order chi connectivity index (χ0) is 14.4. The van der Waals surface area contributed by atoms with Crippen molar-refractivity contribution in [2.45, 2.75) is 24.4 Å². The third-order valence-corrected chi connectivity index (χ3v) is 5.84. The summed E-state index contributed by atoms with van der Waals surface area (Å²) in [7, 11) is -3.47. The molecule has 0 fully saturated rings. The highest BCUT2D eigenvalue weighted by Crippen LogP contribution is 2.29. The first-order valence-electron chi connectivity index (χ1n) is 6.91. The van der Waals surface area contributed by atoms with Gasteiger partial charge in [-0.1, -0.05) is 0 Å². The van der Waals surface area contributed by atoms with Crippen LogP contribution in [0.2, 0.25) is 0 Å². The van der Waals surface area contributed by atoms with Gasteiger partial charge in [0.15, 0.2) is 0 Å². The average molecular weight is 305 g/mol. The monoisotopic (exact) mass is 305 g/mol. The highest BCUT2D eigenvalue weighted by atomic mass is 32.2. The predicted molar refractivity (Wildman–Crippen MR) is 75.5 cm³/mol. The molecule has 1 aromatic heterocycles. The minimum Gasteiger partial charge on any atom is -0.493 e. The van der Waals surface area contributed by atoms with Gasteiger partial charge in [-0.15, -0.1) is 0 Å². The number of benzene rings is 1. The van der Waals surface area contributed by atoms with Crippen LogP contribution >= 0.6 is 0 Å². The third kappa shape index (κ3) is 2.04. The van der Waals surface area contributed by atoms with Crippen LogP contribution in [0, 0.1) is 0 Å². The zero-order valence-electron chi connectivity index (χ0n) is 11.4. The number of hydrogen-bond donors (Lipinski definition) is 0. The molecular formula is C14H15N3O3S. The molecule has 0 radical (unpaired) electrons. The van der Waals surface area contributed by atoms with Gasteiger partial charge in [0.05, 0.1) is 30.3 Å². The molecule has 0 bridgehead atoms. The first-order valence-corrected chi connectivity index (χ1v) is 8.35. The van der Waals surface area contributed by atoms with E-state index in [0.717, 1.165) is 23.4 Å². The zero-order valence-corrected chi connectivity index (χ0v) is 12.2. The van der Waals surface area contributed by atoms with Crippen molar-refractivity contribution in [2.75, 3.05) is 13.2 Å². The molecule has 1 aromatic carbocycles. The quantitative estimate of drug-likeness (QED) is 0.831. The number of fused-ring (bicyclic) bond motifs is 2. The standard InChI is InChI=1S/C14H15N3O3S/c18-21(19,13-1-2-14-11(9-13)4-8-20-14)16-6-7-17-12(10-16)3-5-15-17/h1-3,5,9H,4,6-8,10H2. The van der Waals surface area contributed by atoms with Crippen molar-refractivity contribution in [1.29, 1.82) is 0 Å². The summed E-state index contributed by atoms with van der Waals surface area (Å²) in [6.07, 6.45) is 2.48. The second-order valence-corrected chi connectivity index (χ2v) is 7.19. The molecule has 3 heterocycles. The summed E-state index contributed by atoms with van der Waals surface area (Å²) in [5.74, 6) is 0.797. The number of hydrogen-bond acceptors (Lipinski definition) is 4. The Morgan fingerprint density at radius 1 is 1.19 bits per heavy atom. The van der Waals surface area contributed by atoms with Gasteiger partial charge in [0.1, 0.15) is 5.75 Å². The Morgan fingerprint density at radius 2 is 2.10 bits per heavy atom. The highest BCUT2D eigenvalue weighted by Gasteiger charge is 2.29. The van der Waals surface area contributed by atoms with Gasteiger partial charge in [-0.05, 0) is 29.8 Å². The minimum atomic E-state index is -3.47. The molecule has 6 nitrogen and oxygen atoms in total. The van der Waals surface area contributed by atoms with Crippen molar-refractivity contribution in [3.8, 4) is 5.75 Å². The number of sulfonamides is 1. The molecule has 4 rings (SSSR count). The van der Waals surface area contributed by atoms with E-state index in [1.54, 1.807) is 24.4 Å². The Morgan fingerprint density at radius 3 is 3.00 bits per heavy atom. The second kappa shape index (κ2) is 4.57. The molecule has 21 heavy (non-hydrogen) atoms. The van der Waals surface area contributed by atoms with Gasteiger partial charge in [-0.25, -0.2) is 8.42 Å². The fraction of sp³-hybridized carbons (Fsp3) is 0.357. The summed E-state index contributed by atoms with van der Waals surface area (Å²) >= 11 is 0. The fourth-order valence-corrected chi connectivity index (χ4v) is 4.29. The van der Waals surface area contributed by atoms with Crippen LogP contribution in [0.4, 0.5) is 0 Å². The molecule has 0 saturated heterocycles. The van der Waals surface area contributed by atoms with Crippen LogP contribution in [0.25, 0.3) is 0 Å². The summed E-state index contributed by atoms with van der Waals surface area (Å²) < 4.78 is 34.3. The molecule has 0 N–H and O–H groups in total. The number of aromatic nitrogens is 2. The van der Waals surface area contributed by atoms with Gasteiger partial charge < -0.3 is 4.74 Å².